The summed E-state index contributed by atoms with van der Waals surface area (Å²) in [5.74, 6) is 0. The van der Waals surface area contributed by atoms with Gasteiger partial charge >= 0.3 is 0 Å². The van der Waals surface area contributed by atoms with Crippen molar-refractivity contribution in [2.75, 3.05) is 19.8 Å². The first-order chi connectivity index (χ1) is 7.36. The molecule has 2 rings (SSSR count). The molecule has 1 aromatic heterocycles. The second-order valence-corrected chi connectivity index (χ2v) is 3.69. The Labute approximate surface area is 88.2 Å². The molecule has 1 aliphatic heterocycles. The fraction of sp³-hybridized carbons (Fsp3) is 0.778. The maximum Gasteiger partial charge on any atom is 0.0948 e. The predicted molar refractivity (Wildman–Crippen MR) is 53.3 cm³/mol. The van der Waals surface area contributed by atoms with Gasteiger partial charge in [0.2, 0.25) is 0 Å². The monoisotopic (exact) mass is 212 g/mol. The minimum atomic E-state index is -0.364. The van der Waals surface area contributed by atoms with Gasteiger partial charge in [-0.25, -0.2) is 0 Å². The van der Waals surface area contributed by atoms with E-state index in [1.54, 1.807) is 10.9 Å². The lowest BCUT2D eigenvalue weighted by molar-refractivity contribution is 0.122. The highest BCUT2D eigenvalue weighted by molar-refractivity contribution is 4.80. The number of aliphatic hydroxyl groups is 1. The Hall–Kier alpha value is -0.980. The van der Waals surface area contributed by atoms with Crippen LogP contribution in [0.25, 0.3) is 0 Å². The van der Waals surface area contributed by atoms with Crippen molar-refractivity contribution in [3.05, 3.63) is 12.4 Å². The summed E-state index contributed by atoms with van der Waals surface area (Å²) in [4.78, 5) is 0. The van der Waals surface area contributed by atoms with Crippen molar-refractivity contribution in [2.45, 2.75) is 25.1 Å². The van der Waals surface area contributed by atoms with Crippen LogP contribution in [0, 0.1) is 0 Å². The van der Waals surface area contributed by atoms with E-state index >= 15 is 0 Å². The normalized spacial score (nSPS) is 25.9. The van der Waals surface area contributed by atoms with Crippen molar-refractivity contribution in [2.24, 2.45) is 0 Å². The van der Waals surface area contributed by atoms with Gasteiger partial charge in [-0.2, -0.15) is 0 Å². The summed E-state index contributed by atoms with van der Waals surface area (Å²) in [6.07, 6.45) is 4.11. The molecule has 2 N–H and O–H groups in total. The van der Waals surface area contributed by atoms with E-state index in [2.05, 4.69) is 15.6 Å². The van der Waals surface area contributed by atoms with Crippen LogP contribution in [-0.2, 0) is 11.3 Å². The summed E-state index contributed by atoms with van der Waals surface area (Å²) in [5.41, 5.74) is 0. The van der Waals surface area contributed by atoms with Gasteiger partial charge in [0.1, 0.15) is 0 Å². The van der Waals surface area contributed by atoms with Crippen molar-refractivity contribution < 1.29 is 9.84 Å². The van der Waals surface area contributed by atoms with Crippen LogP contribution in [0.2, 0.25) is 0 Å². The van der Waals surface area contributed by atoms with Gasteiger partial charge < -0.3 is 15.2 Å². The molecule has 6 heteroatoms. The van der Waals surface area contributed by atoms with Gasteiger partial charge in [-0.15, -0.1) is 5.10 Å². The molecule has 15 heavy (non-hydrogen) atoms. The molecule has 1 aromatic rings. The number of aromatic nitrogens is 3. The first-order valence-electron chi connectivity index (χ1n) is 5.19. The summed E-state index contributed by atoms with van der Waals surface area (Å²) >= 11 is 0. The minimum Gasteiger partial charge on any atom is -0.389 e. The van der Waals surface area contributed by atoms with Crippen molar-refractivity contribution >= 4 is 0 Å². The number of nitrogens with one attached hydrogen (secondary N) is 1. The summed E-state index contributed by atoms with van der Waals surface area (Å²) in [6.45, 7) is 2.74. The van der Waals surface area contributed by atoms with Gasteiger partial charge in [-0.3, -0.25) is 4.68 Å². The number of hydrogen-bond donors (Lipinski definition) is 2. The molecule has 1 aliphatic rings. The fourth-order valence-electron chi connectivity index (χ4n) is 1.62. The van der Waals surface area contributed by atoms with Crippen LogP contribution in [0.3, 0.4) is 0 Å². The van der Waals surface area contributed by atoms with Crippen molar-refractivity contribution in [3.8, 4) is 0 Å². The van der Waals surface area contributed by atoms with Crippen molar-refractivity contribution in [1.29, 1.82) is 0 Å². The average molecular weight is 212 g/mol. The molecule has 0 spiro atoms. The molecular formula is C9H16N4O2. The third-order valence-electron chi connectivity index (χ3n) is 2.49. The SMILES string of the molecule is OC1COCC1NCCCn1ccnn1. The molecule has 0 bridgehead atoms. The zero-order chi connectivity index (χ0) is 10.5. The average Bonchev–Trinajstić information content (AvgIpc) is 2.85. The second kappa shape index (κ2) is 5.20. The van der Waals surface area contributed by atoms with E-state index < -0.39 is 0 Å². The van der Waals surface area contributed by atoms with E-state index in [1.165, 1.54) is 0 Å². The van der Waals surface area contributed by atoms with E-state index in [-0.39, 0.29) is 12.1 Å². The van der Waals surface area contributed by atoms with Crippen molar-refractivity contribution in [3.63, 3.8) is 0 Å². The maximum atomic E-state index is 9.46. The molecule has 0 saturated carbocycles. The number of nitrogens with zero attached hydrogens (tertiary/aromatic N) is 3. The molecule has 0 aromatic carbocycles. The molecule has 6 nitrogen and oxygen atoms in total. The molecule has 0 aliphatic carbocycles. The minimum absolute atomic E-state index is 0.0840. The lowest BCUT2D eigenvalue weighted by Gasteiger charge is -2.13. The zero-order valence-electron chi connectivity index (χ0n) is 8.54. The Balaban J connectivity index is 1.59. The van der Waals surface area contributed by atoms with Gasteiger partial charge in [0, 0.05) is 12.7 Å². The highest BCUT2D eigenvalue weighted by Gasteiger charge is 2.24. The Bertz CT molecular complexity index is 278. The fourth-order valence-corrected chi connectivity index (χ4v) is 1.62. The van der Waals surface area contributed by atoms with Gasteiger partial charge in [0.25, 0.3) is 0 Å². The summed E-state index contributed by atoms with van der Waals surface area (Å²) in [6, 6.07) is 0.0840. The van der Waals surface area contributed by atoms with Crippen molar-refractivity contribution in [1.82, 2.24) is 20.3 Å². The van der Waals surface area contributed by atoms with Gasteiger partial charge in [-0.1, -0.05) is 5.21 Å². The van der Waals surface area contributed by atoms with Gasteiger partial charge in [-0.05, 0) is 13.0 Å². The smallest absolute Gasteiger partial charge is 0.0948 e. The Morgan fingerprint density at radius 2 is 2.47 bits per heavy atom. The van der Waals surface area contributed by atoms with Gasteiger partial charge in [0.05, 0.1) is 31.6 Å². The number of ether oxygens (including phenoxy) is 1. The van der Waals surface area contributed by atoms with Crippen LogP contribution in [-0.4, -0.2) is 52.0 Å². The van der Waals surface area contributed by atoms with E-state index in [0.717, 1.165) is 19.5 Å². The van der Waals surface area contributed by atoms with E-state index in [0.29, 0.717) is 13.2 Å². The maximum absolute atomic E-state index is 9.46. The Morgan fingerprint density at radius 1 is 1.53 bits per heavy atom. The van der Waals surface area contributed by atoms with Crippen LogP contribution < -0.4 is 5.32 Å². The standard InChI is InChI=1S/C9H16N4O2/c14-9-7-15-6-8(9)10-2-1-4-13-5-3-11-12-13/h3,5,8-10,14H,1-2,4,6-7H2. The summed E-state index contributed by atoms with van der Waals surface area (Å²) in [7, 11) is 0. The molecule has 0 amide bonds. The summed E-state index contributed by atoms with van der Waals surface area (Å²) < 4.78 is 6.93. The van der Waals surface area contributed by atoms with Crippen LogP contribution in [0.4, 0.5) is 0 Å². The Morgan fingerprint density at radius 3 is 3.13 bits per heavy atom. The molecule has 2 atom stereocenters. The predicted octanol–water partition coefficient (Wildman–Crippen LogP) is -0.982. The number of rotatable bonds is 5. The molecule has 1 fully saturated rings. The largest absolute Gasteiger partial charge is 0.389 e. The highest BCUT2D eigenvalue weighted by atomic mass is 16.5. The van der Waals surface area contributed by atoms with Crippen LogP contribution in [0.1, 0.15) is 6.42 Å². The van der Waals surface area contributed by atoms with E-state index in [4.69, 9.17) is 4.74 Å². The number of hydrogen-bond acceptors (Lipinski definition) is 5. The quantitative estimate of drug-likeness (QED) is 0.614. The highest BCUT2D eigenvalue weighted by Crippen LogP contribution is 2.04. The van der Waals surface area contributed by atoms with E-state index in [1.807, 2.05) is 6.20 Å². The third-order valence-corrected chi connectivity index (χ3v) is 2.49. The Kier molecular flexibility index (Phi) is 3.65. The molecule has 2 heterocycles. The second-order valence-electron chi connectivity index (χ2n) is 3.69. The number of aliphatic hydroxyl groups excluding tert-OH is 1. The lowest BCUT2D eigenvalue weighted by atomic mass is 10.2. The molecule has 2 unspecified atom stereocenters. The van der Waals surface area contributed by atoms with Crippen LogP contribution in [0.15, 0.2) is 12.4 Å². The van der Waals surface area contributed by atoms with E-state index in [9.17, 15) is 5.11 Å². The lowest BCUT2D eigenvalue weighted by Crippen LogP contribution is -2.39. The topological polar surface area (TPSA) is 72.2 Å². The first kappa shape index (κ1) is 10.5. The molecule has 0 radical (unpaired) electrons. The van der Waals surface area contributed by atoms with Gasteiger partial charge in [0.15, 0.2) is 0 Å². The first-order valence-corrected chi connectivity index (χ1v) is 5.19. The van der Waals surface area contributed by atoms with Crippen LogP contribution in [0.5, 0.6) is 0 Å². The molecule has 1 saturated heterocycles. The van der Waals surface area contributed by atoms with Crippen LogP contribution >= 0.6 is 0 Å². The third kappa shape index (κ3) is 2.98. The molecular weight excluding hydrogens is 196 g/mol. The summed E-state index contributed by atoms with van der Waals surface area (Å²) in [5, 5.41) is 20.3. The number of aryl methyl sites for hydroxylation is 1. The molecule has 84 valence electrons. The zero-order valence-corrected chi connectivity index (χ0v) is 8.54.